The Morgan fingerprint density at radius 3 is 2.73 bits per heavy atom. The molecule has 0 aromatic heterocycles. The summed E-state index contributed by atoms with van der Waals surface area (Å²) in [7, 11) is 0. The number of benzene rings is 2. The number of halogens is 2. The first-order chi connectivity index (χ1) is 12.6. The average Bonchev–Trinajstić information content (AvgIpc) is 2.62. The summed E-state index contributed by atoms with van der Waals surface area (Å²) in [5.74, 6) is 1.07. The lowest BCUT2D eigenvalue weighted by atomic mass is 10.2. The van der Waals surface area contributed by atoms with Crippen molar-refractivity contribution >= 4 is 35.3 Å². The second kappa shape index (κ2) is 10.7. The lowest BCUT2D eigenvalue weighted by molar-refractivity contribution is -0.121. The zero-order chi connectivity index (χ0) is 18.8. The Balaban J connectivity index is 1.72. The van der Waals surface area contributed by atoms with Gasteiger partial charge >= 0.3 is 0 Å². The summed E-state index contributed by atoms with van der Waals surface area (Å²) >= 11 is 11.8. The van der Waals surface area contributed by atoms with E-state index in [1.165, 1.54) is 0 Å². The smallest absolute Gasteiger partial charge is 0.240 e. The van der Waals surface area contributed by atoms with Crippen molar-refractivity contribution in [1.82, 2.24) is 5.43 Å². The van der Waals surface area contributed by atoms with Crippen molar-refractivity contribution in [3.05, 3.63) is 58.1 Å². The van der Waals surface area contributed by atoms with E-state index in [4.69, 9.17) is 32.7 Å². The van der Waals surface area contributed by atoms with Crippen LogP contribution in [0, 0.1) is 0 Å². The van der Waals surface area contributed by atoms with Gasteiger partial charge in [0.1, 0.15) is 11.5 Å². The van der Waals surface area contributed by atoms with Crippen LogP contribution in [-0.4, -0.2) is 25.3 Å². The first kappa shape index (κ1) is 20.1. The van der Waals surface area contributed by atoms with Crippen LogP contribution in [0.5, 0.6) is 11.5 Å². The van der Waals surface area contributed by atoms with Gasteiger partial charge < -0.3 is 9.47 Å². The van der Waals surface area contributed by atoms with E-state index in [0.717, 1.165) is 11.3 Å². The van der Waals surface area contributed by atoms with Crippen molar-refractivity contribution in [2.24, 2.45) is 5.10 Å². The predicted molar refractivity (Wildman–Crippen MR) is 105 cm³/mol. The molecule has 26 heavy (non-hydrogen) atoms. The molecule has 0 aliphatic heterocycles. The standard InChI is InChI=1S/C19H20Cl2N2O3/c1-2-25-17-7-4-3-6-14(17)13-22-23-19(24)8-5-11-26-18-10-9-15(20)12-16(18)21/h3-4,6-7,9-10,12-13H,2,5,8,11H2,1H3,(H,23,24)/b22-13+. The first-order valence-corrected chi connectivity index (χ1v) is 8.97. The fourth-order valence-electron chi connectivity index (χ4n) is 2.11. The minimum absolute atomic E-state index is 0.194. The van der Waals surface area contributed by atoms with E-state index in [0.29, 0.717) is 35.4 Å². The highest BCUT2D eigenvalue weighted by molar-refractivity contribution is 6.35. The SMILES string of the molecule is CCOc1ccccc1/C=N/NC(=O)CCCOc1ccc(Cl)cc1Cl. The topological polar surface area (TPSA) is 59.9 Å². The molecular weight excluding hydrogens is 375 g/mol. The van der Waals surface area contributed by atoms with E-state index in [9.17, 15) is 4.79 Å². The molecule has 0 spiro atoms. The second-order valence-electron chi connectivity index (χ2n) is 5.29. The molecule has 0 aliphatic rings. The Hall–Kier alpha value is -2.24. The van der Waals surface area contributed by atoms with E-state index in [1.807, 2.05) is 31.2 Å². The summed E-state index contributed by atoms with van der Waals surface area (Å²) < 4.78 is 11.0. The first-order valence-electron chi connectivity index (χ1n) is 8.21. The van der Waals surface area contributed by atoms with Gasteiger partial charge in [-0.05, 0) is 43.7 Å². The van der Waals surface area contributed by atoms with E-state index in [1.54, 1.807) is 24.4 Å². The molecule has 0 unspecified atom stereocenters. The molecule has 0 radical (unpaired) electrons. The maximum atomic E-state index is 11.8. The van der Waals surface area contributed by atoms with Gasteiger partial charge in [-0.3, -0.25) is 4.79 Å². The highest BCUT2D eigenvalue weighted by Crippen LogP contribution is 2.27. The predicted octanol–water partition coefficient (Wildman–Crippen LogP) is 4.70. The highest BCUT2D eigenvalue weighted by Gasteiger charge is 2.04. The fourth-order valence-corrected chi connectivity index (χ4v) is 2.57. The summed E-state index contributed by atoms with van der Waals surface area (Å²) in [5.41, 5.74) is 3.30. The summed E-state index contributed by atoms with van der Waals surface area (Å²) in [6, 6.07) is 12.5. The largest absolute Gasteiger partial charge is 0.493 e. The minimum Gasteiger partial charge on any atom is -0.493 e. The highest BCUT2D eigenvalue weighted by atomic mass is 35.5. The fraction of sp³-hybridized carbons (Fsp3) is 0.263. The van der Waals surface area contributed by atoms with E-state index in [-0.39, 0.29) is 12.3 Å². The molecule has 2 aromatic carbocycles. The molecule has 2 rings (SSSR count). The molecule has 0 atom stereocenters. The number of nitrogens with one attached hydrogen (secondary N) is 1. The molecule has 1 N–H and O–H groups in total. The zero-order valence-corrected chi connectivity index (χ0v) is 15.9. The van der Waals surface area contributed by atoms with Gasteiger partial charge in [0.15, 0.2) is 0 Å². The van der Waals surface area contributed by atoms with Crippen molar-refractivity contribution < 1.29 is 14.3 Å². The number of hydrogen-bond acceptors (Lipinski definition) is 4. The molecule has 138 valence electrons. The molecule has 5 nitrogen and oxygen atoms in total. The number of carbonyl (C=O) groups is 1. The molecule has 0 saturated heterocycles. The maximum absolute atomic E-state index is 11.8. The number of carbonyl (C=O) groups excluding carboxylic acids is 1. The normalized spacial score (nSPS) is 10.7. The molecule has 7 heteroatoms. The van der Waals surface area contributed by atoms with Gasteiger partial charge in [-0.1, -0.05) is 35.3 Å². The van der Waals surface area contributed by atoms with Gasteiger partial charge in [0, 0.05) is 17.0 Å². The lowest BCUT2D eigenvalue weighted by Gasteiger charge is -2.08. The van der Waals surface area contributed by atoms with Crippen molar-refractivity contribution in [3.8, 4) is 11.5 Å². The third kappa shape index (κ3) is 6.58. The summed E-state index contributed by atoms with van der Waals surface area (Å²) in [4.78, 5) is 11.8. The van der Waals surface area contributed by atoms with Gasteiger partial charge in [0.25, 0.3) is 0 Å². The molecule has 1 amide bonds. The van der Waals surface area contributed by atoms with E-state index < -0.39 is 0 Å². The Morgan fingerprint density at radius 1 is 1.15 bits per heavy atom. The zero-order valence-electron chi connectivity index (χ0n) is 14.4. The van der Waals surface area contributed by atoms with Gasteiger partial charge in [-0.25, -0.2) is 5.43 Å². The molecule has 0 saturated carbocycles. The third-order valence-corrected chi connectivity index (χ3v) is 3.84. The Labute approximate surface area is 162 Å². The Morgan fingerprint density at radius 2 is 1.96 bits per heavy atom. The van der Waals surface area contributed by atoms with Crippen LogP contribution in [0.1, 0.15) is 25.3 Å². The molecule has 0 fully saturated rings. The summed E-state index contributed by atoms with van der Waals surface area (Å²) in [6.07, 6.45) is 2.39. The van der Waals surface area contributed by atoms with Crippen LogP contribution < -0.4 is 14.9 Å². The molecule has 0 aliphatic carbocycles. The van der Waals surface area contributed by atoms with Gasteiger partial charge in [0.05, 0.1) is 24.5 Å². The monoisotopic (exact) mass is 394 g/mol. The van der Waals surface area contributed by atoms with Crippen LogP contribution in [0.15, 0.2) is 47.6 Å². The van der Waals surface area contributed by atoms with Crippen molar-refractivity contribution in [1.29, 1.82) is 0 Å². The number of hydrogen-bond donors (Lipinski definition) is 1. The Bertz CT molecular complexity index is 766. The van der Waals surface area contributed by atoms with E-state index >= 15 is 0 Å². The quantitative estimate of drug-likeness (QED) is 0.380. The number of nitrogens with zero attached hydrogens (tertiary/aromatic N) is 1. The van der Waals surface area contributed by atoms with Crippen LogP contribution in [-0.2, 0) is 4.79 Å². The Kier molecular flexibility index (Phi) is 8.25. The van der Waals surface area contributed by atoms with Gasteiger partial charge in [-0.2, -0.15) is 5.10 Å². The lowest BCUT2D eigenvalue weighted by Crippen LogP contribution is -2.18. The second-order valence-corrected chi connectivity index (χ2v) is 6.13. The maximum Gasteiger partial charge on any atom is 0.240 e. The van der Waals surface area contributed by atoms with Gasteiger partial charge in [-0.15, -0.1) is 0 Å². The minimum atomic E-state index is -0.194. The van der Waals surface area contributed by atoms with E-state index in [2.05, 4.69) is 10.5 Å². The number of amides is 1. The van der Waals surface area contributed by atoms with Crippen LogP contribution >= 0.6 is 23.2 Å². The van der Waals surface area contributed by atoms with Crippen molar-refractivity contribution in [2.45, 2.75) is 19.8 Å². The van der Waals surface area contributed by atoms with Crippen LogP contribution in [0.4, 0.5) is 0 Å². The third-order valence-electron chi connectivity index (χ3n) is 3.31. The van der Waals surface area contributed by atoms with Crippen LogP contribution in [0.3, 0.4) is 0 Å². The van der Waals surface area contributed by atoms with Gasteiger partial charge in [0.2, 0.25) is 5.91 Å². The molecule has 0 heterocycles. The van der Waals surface area contributed by atoms with Crippen LogP contribution in [0.25, 0.3) is 0 Å². The number of rotatable bonds is 9. The molecule has 2 aromatic rings. The summed E-state index contributed by atoms with van der Waals surface area (Å²) in [6.45, 7) is 2.84. The van der Waals surface area contributed by atoms with Crippen LogP contribution in [0.2, 0.25) is 10.0 Å². The average molecular weight is 395 g/mol. The number of para-hydroxylation sites is 1. The number of ether oxygens (including phenoxy) is 2. The number of hydrazone groups is 1. The summed E-state index contributed by atoms with van der Waals surface area (Å²) in [5, 5.41) is 4.95. The van der Waals surface area contributed by atoms with Crippen molar-refractivity contribution in [3.63, 3.8) is 0 Å². The van der Waals surface area contributed by atoms with Crippen molar-refractivity contribution in [2.75, 3.05) is 13.2 Å². The molecular formula is C19H20Cl2N2O3. The molecule has 0 bridgehead atoms.